The van der Waals surface area contributed by atoms with E-state index in [-0.39, 0.29) is 12.4 Å². The number of ether oxygens (including phenoxy) is 3. The van der Waals surface area contributed by atoms with Crippen molar-refractivity contribution in [1.29, 1.82) is 0 Å². The van der Waals surface area contributed by atoms with Gasteiger partial charge >= 0.3 is 5.97 Å². The number of esters is 1. The van der Waals surface area contributed by atoms with Crippen LogP contribution in [0.15, 0.2) is 40.9 Å². The van der Waals surface area contributed by atoms with Gasteiger partial charge in [-0.2, -0.15) is 0 Å². The molecule has 2 rings (SSSR count). The Morgan fingerprint density at radius 3 is 2.50 bits per heavy atom. The molecule has 0 aliphatic heterocycles. The van der Waals surface area contributed by atoms with Gasteiger partial charge in [0, 0.05) is 6.42 Å². The SMILES string of the molecule is CCOc1ccc(CCC(=O)Oc2ccc(C)cc2Br)cc1OC. The Morgan fingerprint density at radius 2 is 1.83 bits per heavy atom. The molecule has 0 saturated carbocycles. The minimum Gasteiger partial charge on any atom is -0.493 e. The molecule has 0 saturated heterocycles. The van der Waals surface area contributed by atoms with Crippen LogP contribution in [0, 0.1) is 6.92 Å². The lowest BCUT2D eigenvalue weighted by molar-refractivity contribution is -0.134. The molecular weight excluding hydrogens is 372 g/mol. The quantitative estimate of drug-likeness (QED) is 0.505. The van der Waals surface area contributed by atoms with E-state index in [0.29, 0.717) is 30.3 Å². The van der Waals surface area contributed by atoms with Gasteiger partial charge in [0.2, 0.25) is 0 Å². The highest BCUT2D eigenvalue weighted by Crippen LogP contribution is 2.29. The van der Waals surface area contributed by atoms with Crippen LogP contribution in [0.2, 0.25) is 0 Å². The maximum atomic E-state index is 12.0. The highest BCUT2D eigenvalue weighted by molar-refractivity contribution is 9.10. The normalized spacial score (nSPS) is 10.3. The Labute approximate surface area is 150 Å². The molecule has 0 unspecified atom stereocenters. The molecule has 128 valence electrons. The fourth-order valence-corrected chi connectivity index (χ4v) is 2.83. The van der Waals surface area contributed by atoms with Gasteiger partial charge in [0.1, 0.15) is 5.75 Å². The van der Waals surface area contributed by atoms with Gasteiger partial charge in [-0.25, -0.2) is 0 Å². The third-order valence-corrected chi connectivity index (χ3v) is 4.08. The molecule has 4 nitrogen and oxygen atoms in total. The topological polar surface area (TPSA) is 44.8 Å². The number of carbonyl (C=O) groups is 1. The Morgan fingerprint density at radius 1 is 1.08 bits per heavy atom. The van der Waals surface area contributed by atoms with Gasteiger partial charge in [-0.05, 0) is 71.6 Å². The standard InChI is InChI=1S/C19H21BrO4/c1-4-23-17-9-6-14(12-18(17)22-3)7-10-19(21)24-16-8-5-13(2)11-15(16)20/h5-6,8-9,11-12H,4,7,10H2,1-3H3. The van der Waals surface area contributed by atoms with Gasteiger partial charge in [0.05, 0.1) is 18.2 Å². The van der Waals surface area contributed by atoms with Gasteiger partial charge in [-0.3, -0.25) is 4.79 Å². The summed E-state index contributed by atoms with van der Waals surface area (Å²) < 4.78 is 17.0. The summed E-state index contributed by atoms with van der Waals surface area (Å²) >= 11 is 3.41. The summed E-state index contributed by atoms with van der Waals surface area (Å²) in [5.74, 6) is 1.64. The zero-order valence-corrected chi connectivity index (χ0v) is 15.7. The van der Waals surface area contributed by atoms with E-state index in [1.165, 1.54) is 0 Å². The summed E-state index contributed by atoms with van der Waals surface area (Å²) in [6.45, 7) is 4.48. The van der Waals surface area contributed by atoms with Gasteiger partial charge in [-0.1, -0.05) is 12.1 Å². The zero-order valence-electron chi connectivity index (χ0n) is 14.1. The first-order valence-corrected chi connectivity index (χ1v) is 8.59. The third kappa shape index (κ3) is 4.99. The predicted molar refractivity (Wildman–Crippen MR) is 97.0 cm³/mol. The molecule has 0 bridgehead atoms. The molecule has 0 atom stereocenters. The first-order chi connectivity index (χ1) is 11.5. The molecule has 0 spiro atoms. The van der Waals surface area contributed by atoms with Crippen LogP contribution in [0.1, 0.15) is 24.5 Å². The van der Waals surface area contributed by atoms with Crippen LogP contribution in [0.25, 0.3) is 0 Å². The van der Waals surface area contributed by atoms with Crippen molar-refractivity contribution >= 4 is 21.9 Å². The number of rotatable bonds is 7. The number of methoxy groups -OCH3 is 1. The summed E-state index contributed by atoms with van der Waals surface area (Å²) in [6.07, 6.45) is 0.864. The Bertz CT molecular complexity index is 713. The number of hydrogen-bond donors (Lipinski definition) is 0. The highest BCUT2D eigenvalue weighted by atomic mass is 79.9. The zero-order chi connectivity index (χ0) is 17.5. The van der Waals surface area contributed by atoms with E-state index in [9.17, 15) is 4.79 Å². The van der Waals surface area contributed by atoms with E-state index in [1.807, 2.05) is 44.2 Å². The summed E-state index contributed by atoms with van der Waals surface area (Å²) in [4.78, 5) is 12.0. The molecule has 24 heavy (non-hydrogen) atoms. The summed E-state index contributed by atoms with van der Waals surface area (Å²) in [7, 11) is 1.60. The van der Waals surface area contributed by atoms with E-state index in [2.05, 4.69) is 15.9 Å². The van der Waals surface area contributed by atoms with Crippen molar-refractivity contribution < 1.29 is 19.0 Å². The number of aryl methyl sites for hydroxylation is 2. The van der Waals surface area contributed by atoms with E-state index >= 15 is 0 Å². The van der Waals surface area contributed by atoms with Crippen molar-refractivity contribution in [2.45, 2.75) is 26.7 Å². The fourth-order valence-electron chi connectivity index (χ4n) is 2.25. The van der Waals surface area contributed by atoms with Crippen LogP contribution >= 0.6 is 15.9 Å². The molecule has 0 heterocycles. The first-order valence-electron chi connectivity index (χ1n) is 7.80. The lowest BCUT2D eigenvalue weighted by Gasteiger charge is -2.11. The molecule has 0 N–H and O–H groups in total. The minimum atomic E-state index is -0.271. The molecule has 0 aliphatic carbocycles. The van der Waals surface area contributed by atoms with Crippen LogP contribution in [0.4, 0.5) is 0 Å². The Kier molecular flexibility index (Phi) is 6.67. The third-order valence-electron chi connectivity index (χ3n) is 3.46. The second kappa shape index (κ2) is 8.73. The Balaban J connectivity index is 1.96. The number of hydrogen-bond acceptors (Lipinski definition) is 4. The number of carbonyl (C=O) groups excluding carboxylic acids is 1. The molecule has 0 aromatic heterocycles. The number of benzene rings is 2. The van der Waals surface area contributed by atoms with Crippen LogP contribution in [0.3, 0.4) is 0 Å². The monoisotopic (exact) mass is 392 g/mol. The second-order valence-electron chi connectivity index (χ2n) is 5.33. The van der Waals surface area contributed by atoms with Crippen LogP contribution in [0.5, 0.6) is 17.2 Å². The van der Waals surface area contributed by atoms with E-state index in [1.54, 1.807) is 13.2 Å². The van der Waals surface area contributed by atoms with Gasteiger partial charge < -0.3 is 14.2 Å². The van der Waals surface area contributed by atoms with Gasteiger partial charge in [0.25, 0.3) is 0 Å². The fraction of sp³-hybridized carbons (Fsp3) is 0.316. The maximum Gasteiger partial charge on any atom is 0.311 e. The van der Waals surface area contributed by atoms with Crippen LogP contribution in [-0.4, -0.2) is 19.7 Å². The van der Waals surface area contributed by atoms with Crippen molar-refractivity contribution in [3.8, 4) is 17.2 Å². The molecule has 2 aromatic carbocycles. The number of halogens is 1. The molecule has 0 radical (unpaired) electrons. The lowest BCUT2D eigenvalue weighted by atomic mass is 10.1. The minimum absolute atomic E-state index is 0.271. The Hall–Kier alpha value is -2.01. The van der Waals surface area contributed by atoms with Crippen molar-refractivity contribution in [2.75, 3.05) is 13.7 Å². The van der Waals surface area contributed by atoms with E-state index in [4.69, 9.17) is 14.2 Å². The average Bonchev–Trinajstić information content (AvgIpc) is 2.56. The maximum absolute atomic E-state index is 12.0. The van der Waals surface area contributed by atoms with Crippen molar-refractivity contribution in [3.63, 3.8) is 0 Å². The molecule has 0 amide bonds. The van der Waals surface area contributed by atoms with Crippen LogP contribution < -0.4 is 14.2 Å². The molecule has 0 aliphatic rings. The van der Waals surface area contributed by atoms with E-state index in [0.717, 1.165) is 15.6 Å². The largest absolute Gasteiger partial charge is 0.493 e. The first kappa shape index (κ1) is 18.3. The molecule has 2 aromatic rings. The molecule has 5 heteroatoms. The smallest absolute Gasteiger partial charge is 0.311 e. The van der Waals surface area contributed by atoms with Crippen molar-refractivity contribution in [2.24, 2.45) is 0 Å². The predicted octanol–water partition coefficient (Wildman–Crippen LogP) is 4.70. The lowest BCUT2D eigenvalue weighted by Crippen LogP contribution is -2.09. The summed E-state index contributed by atoms with van der Waals surface area (Å²) in [5, 5.41) is 0. The van der Waals surface area contributed by atoms with Gasteiger partial charge in [-0.15, -0.1) is 0 Å². The van der Waals surface area contributed by atoms with Crippen molar-refractivity contribution in [3.05, 3.63) is 52.0 Å². The van der Waals surface area contributed by atoms with Crippen LogP contribution in [-0.2, 0) is 11.2 Å². The molecular formula is C19H21BrO4. The molecule has 0 fully saturated rings. The average molecular weight is 393 g/mol. The van der Waals surface area contributed by atoms with E-state index < -0.39 is 0 Å². The highest BCUT2D eigenvalue weighted by Gasteiger charge is 2.10. The second-order valence-corrected chi connectivity index (χ2v) is 6.18. The van der Waals surface area contributed by atoms with Crippen molar-refractivity contribution in [1.82, 2.24) is 0 Å². The summed E-state index contributed by atoms with van der Waals surface area (Å²) in [6, 6.07) is 11.3. The summed E-state index contributed by atoms with van der Waals surface area (Å²) in [5.41, 5.74) is 2.10. The van der Waals surface area contributed by atoms with Gasteiger partial charge in [0.15, 0.2) is 11.5 Å².